The van der Waals surface area contributed by atoms with Gasteiger partial charge in [0.05, 0.1) is 33.1 Å². The van der Waals surface area contributed by atoms with Crippen molar-refractivity contribution < 1.29 is 32.6 Å². The average molecular weight is 511 g/mol. The molecule has 4 rings (SSSR count). The highest BCUT2D eigenvalue weighted by molar-refractivity contribution is 5.94. The fourth-order valence-electron chi connectivity index (χ4n) is 4.42. The fourth-order valence-corrected chi connectivity index (χ4v) is 4.42. The van der Waals surface area contributed by atoms with Gasteiger partial charge in [-0.05, 0) is 68.1 Å². The topological polar surface area (TPSA) is 94.6 Å². The van der Waals surface area contributed by atoms with Crippen molar-refractivity contribution in [2.45, 2.75) is 38.8 Å². The van der Waals surface area contributed by atoms with Crippen molar-refractivity contribution in [3.05, 3.63) is 71.6 Å². The number of nitrogens with zero attached hydrogens (tertiary/aromatic N) is 2. The van der Waals surface area contributed by atoms with Crippen LogP contribution in [0.15, 0.2) is 57.6 Å². The Labute approximate surface area is 216 Å². The molecule has 0 N–H and O–H groups in total. The molecule has 1 saturated heterocycles. The van der Waals surface area contributed by atoms with Crippen LogP contribution in [0.2, 0.25) is 0 Å². The number of hydrogen-bond donors (Lipinski definition) is 0. The van der Waals surface area contributed by atoms with E-state index in [9.17, 15) is 9.59 Å². The molecule has 0 saturated carbocycles. The molecule has 1 atom stereocenters. The van der Waals surface area contributed by atoms with Crippen LogP contribution < -0.4 is 9.47 Å². The van der Waals surface area contributed by atoms with Gasteiger partial charge in [0.25, 0.3) is 5.91 Å². The normalized spacial score (nSPS) is 14.9. The standard InChI is InChI=1S/C28H34N2O7/c1-20-8-10-23(37-20)18-29(13-12-21-9-11-24(33-2)26(16-21)34-3)27(31)19-30(17-22-6-4-14-35-22)28(32)25-7-5-15-36-25/h5,7-11,15-16,22H,4,6,12-14,17-19H2,1-3H3. The molecule has 9 heteroatoms. The van der Waals surface area contributed by atoms with E-state index in [1.165, 1.54) is 11.2 Å². The molecule has 1 aromatic carbocycles. The van der Waals surface area contributed by atoms with Gasteiger partial charge in [0.15, 0.2) is 17.3 Å². The summed E-state index contributed by atoms with van der Waals surface area (Å²) in [7, 11) is 3.19. The summed E-state index contributed by atoms with van der Waals surface area (Å²) < 4.78 is 27.6. The van der Waals surface area contributed by atoms with E-state index >= 15 is 0 Å². The molecule has 1 unspecified atom stereocenters. The van der Waals surface area contributed by atoms with Crippen molar-refractivity contribution in [2.75, 3.05) is 40.5 Å². The number of aryl methyl sites for hydroxylation is 1. The zero-order chi connectivity index (χ0) is 26.2. The first-order valence-corrected chi connectivity index (χ1v) is 12.4. The Bertz CT molecular complexity index is 1170. The second-order valence-corrected chi connectivity index (χ2v) is 9.06. The van der Waals surface area contributed by atoms with Crippen LogP contribution >= 0.6 is 0 Å². The summed E-state index contributed by atoms with van der Waals surface area (Å²) in [6.45, 7) is 3.49. The molecule has 3 aromatic rings. The summed E-state index contributed by atoms with van der Waals surface area (Å²) in [5.74, 6) is 2.41. The van der Waals surface area contributed by atoms with E-state index in [-0.39, 0.29) is 30.2 Å². The number of ether oxygens (including phenoxy) is 3. The van der Waals surface area contributed by atoms with E-state index in [1.54, 1.807) is 31.3 Å². The summed E-state index contributed by atoms with van der Waals surface area (Å²) in [6.07, 6.45) is 3.73. The van der Waals surface area contributed by atoms with Gasteiger partial charge in [-0.15, -0.1) is 0 Å². The number of rotatable bonds is 12. The predicted molar refractivity (Wildman–Crippen MR) is 136 cm³/mol. The number of amides is 2. The van der Waals surface area contributed by atoms with Gasteiger partial charge in [-0.1, -0.05) is 6.07 Å². The molecule has 3 heterocycles. The van der Waals surface area contributed by atoms with Crippen LogP contribution in [0.3, 0.4) is 0 Å². The molecule has 198 valence electrons. The SMILES string of the molecule is COc1ccc(CCN(Cc2ccc(C)o2)C(=O)CN(CC2CCCO2)C(=O)c2ccco2)cc1OC. The van der Waals surface area contributed by atoms with Gasteiger partial charge < -0.3 is 32.8 Å². The van der Waals surface area contributed by atoms with Crippen LogP contribution in [0.5, 0.6) is 11.5 Å². The molecule has 0 aliphatic carbocycles. The van der Waals surface area contributed by atoms with Crippen LogP contribution in [-0.2, 0) is 22.5 Å². The molecule has 2 aromatic heterocycles. The predicted octanol–water partition coefficient (Wildman–Crippen LogP) is 4.09. The molecule has 0 bridgehead atoms. The first-order chi connectivity index (χ1) is 18.0. The van der Waals surface area contributed by atoms with Gasteiger partial charge in [0, 0.05) is 19.7 Å². The second kappa shape index (κ2) is 12.5. The first-order valence-electron chi connectivity index (χ1n) is 12.4. The van der Waals surface area contributed by atoms with Crippen molar-refractivity contribution in [3.8, 4) is 11.5 Å². The maximum Gasteiger partial charge on any atom is 0.290 e. The maximum absolute atomic E-state index is 13.6. The summed E-state index contributed by atoms with van der Waals surface area (Å²) in [5, 5.41) is 0. The van der Waals surface area contributed by atoms with Gasteiger partial charge >= 0.3 is 0 Å². The van der Waals surface area contributed by atoms with Gasteiger partial charge in [-0.25, -0.2) is 0 Å². The highest BCUT2D eigenvalue weighted by atomic mass is 16.5. The molecule has 37 heavy (non-hydrogen) atoms. The number of carbonyl (C=O) groups excluding carboxylic acids is 2. The maximum atomic E-state index is 13.6. The quantitative estimate of drug-likeness (QED) is 0.362. The zero-order valence-corrected chi connectivity index (χ0v) is 21.6. The number of benzene rings is 1. The summed E-state index contributed by atoms with van der Waals surface area (Å²) in [4.78, 5) is 30.1. The lowest BCUT2D eigenvalue weighted by atomic mass is 10.1. The van der Waals surface area contributed by atoms with Crippen molar-refractivity contribution in [2.24, 2.45) is 0 Å². The fraction of sp³-hybridized carbons (Fsp3) is 0.429. The second-order valence-electron chi connectivity index (χ2n) is 9.06. The van der Waals surface area contributed by atoms with Crippen molar-refractivity contribution in [1.82, 2.24) is 9.80 Å². The van der Waals surface area contributed by atoms with Gasteiger partial charge in [-0.3, -0.25) is 9.59 Å². The Hall–Kier alpha value is -3.72. The van der Waals surface area contributed by atoms with Gasteiger partial charge in [0.1, 0.15) is 18.1 Å². The largest absolute Gasteiger partial charge is 0.493 e. The van der Waals surface area contributed by atoms with Gasteiger partial charge in [-0.2, -0.15) is 0 Å². The summed E-state index contributed by atoms with van der Waals surface area (Å²) in [6, 6.07) is 12.7. The minimum Gasteiger partial charge on any atom is -0.493 e. The van der Waals surface area contributed by atoms with Gasteiger partial charge in [0.2, 0.25) is 5.91 Å². The first kappa shape index (κ1) is 26.3. The molecular formula is C28H34N2O7. The Kier molecular flexibility index (Phi) is 8.90. The van der Waals surface area contributed by atoms with E-state index in [0.29, 0.717) is 49.9 Å². The van der Waals surface area contributed by atoms with Crippen molar-refractivity contribution >= 4 is 11.8 Å². The molecule has 0 radical (unpaired) electrons. The number of carbonyl (C=O) groups is 2. The van der Waals surface area contributed by atoms with E-state index in [2.05, 4.69) is 0 Å². The van der Waals surface area contributed by atoms with E-state index in [1.807, 2.05) is 37.3 Å². The van der Waals surface area contributed by atoms with E-state index in [0.717, 1.165) is 24.2 Å². The van der Waals surface area contributed by atoms with Crippen molar-refractivity contribution in [1.29, 1.82) is 0 Å². The smallest absolute Gasteiger partial charge is 0.290 e. The molecule has 0 spiro atoms. The third kappa shape index (κ3) is 6.95. The highest BCUT2D eigenvalue weighted by Gasteiger charge is 2.28. The monoisotopic (exact) mass is 510 g/mol. The number of furan rings is 2. The zero-order valence-electron chi connectivity index (χ0n) is 21.6. The Balaban J connectivity index is 1.51. The highest BCUT2D eigenvalue weighted by Crippen LogP contribution is 2.28. The lowest BCUT2D eigenvalue weighted by Gasteiger charge is -2.28. The lowest BCUT2D eigenvalue weighted by molar-refractivity contribution is -0.133. The van der Waals surface area contributed by atoms with E-state index < -0.39 is 0 Å². The van der Waals surface area contributed by atoms with Crippen LogP contribution in [0.4, 0.5) is 0 Å². The average Bonchev–Trinajstić information content (AvgIpc) is 3.69. The molecular weight excluding hydrogens is 476 g/mol. The molecule has 1 fully saturated rings. The van der Waals surface area contributed by atoms with Crippen LogP contribution in [0.1, 0.15) is 40.5 Å². The van der Waals surface area contributed by atoms with Crippen molar-refractivity contribution in [3.63, 3.8) is 0 Å². The number of methoxy groups -OCH3 is 2. The Morgan fingerprint density at radius 3 is 2.54 bits per heavy atom. The summed E-state index contributed by atoms with van der Waals surface area (Å²) in [5.41, 5.74) is 0.994. The molecule has 2 amide bonds. The summed E-state index contributed by atoms with van der Waals surface area (Å²) >= 11 is 0. The molecule has 1 aliphatic heterocycles. The third-order valence-electron chi connectivity index (χ3n) is 6.41. The molecule has 9 nitrogen and oxygen atoms in total. The van der Waals surface area contributed by atoms with Crippen LogP contribution in [-0.4, -0.2) is 68.2 Å². The Morgan fingerprint density at radius 2 is 1.89 bits per heavy atom. The number of hydrogen-bond acceptors (Lipinski definition) is 7. The third-order valence-corrected chi connectivity index (χ3v) is 6.41. The minimum absolute atomic E-state index is 0.0922. The van der Waals surface area contributed by atoms with Crippen LogP contribution in [0, 0.1) is 6.92 Å². The van der Waals surface area contributed by atoms with E-state index in [4.69, 9.17) is 23.0 Å². The molecule has 1 aliphatic rings. The minimum atomic E-state index is -0.331. The van der Waals surface area contributed by atoms with Crippen LogP contribution in [0.25, 0.3) is 0 Å². The lowest BCUT2D eigenvalue weighted by Crippen LogP contribution is -2.45. The Morgan fingerprint density at radius 1 is 1.05 bits per heavy atom.